The lowest BCUT2D eigenvalue weighted by Gasteiger charge is -2.14. The molecule has 3 heterocycles. The highest BCUT2D eigenvalue weighted by molar-refractivity contribution is 7.22. The summed E-state index contributed by atoms with van der Waals surface area (Å²) in [6, 6.07) is 9.66. The predicted molar refractivity (Wildman–Crippen MR) is 83.6 cm³/mol. The molecule has 0 spiro atoms. The molecule has 1 aromatic carbocycles. The molecule has 2 aromatic heterocycles. The maximum Gasteiger partial charge on any atom is 0.188 e. The molecular weight excluding hydrogens is 300 g/mol. The number of hydrogen-bond donors (Lipinski definition) is 3. The number of rotatable bonds is 3. The molecule has 0 saturated heterocycles. The molecule has 0 aliphatic carbocycles. The highest BCUT2D eigenvalue weighted by Gasteiger charge is 2.26. The van der Waals surface area contributed by atoms with E-state index in [1.165, 1.54) is 0 Å². The molecule has 7 heteroatoms. The molecule has 0 saturated carbocycles. The fourth-order valence-corrected chi connectivity index (χ4v) is 3.72. The third-order valence-electron chi connectivity index (χ3n) is 3.86. The second kappa shape index (κ2) is 5.29. The van der Waals surface area contributed by atoms with Gasteiger partial charge in [-0.3, -0.25) is 0 Å². The molecule has 0 amide bonds. The zero-order chi connectivity index (χ0) is 15.1. The van der Waals surface area contributed by atoms with Gasteiger partial charge < -0.3 is 15.2 Å². The minimum Gasteiger partial charge on any atom is -0.372 e. The van der Waals surface area contributed by atoms with Gasteiger partial charge in [0.25, 0.3) is 0 Å². The van der Waals surface area contributed by atoms with Crippen molar-refractivity contribution in [3.8, 4) is 0 Å². The van der Waals surface area contributed by atoms with Gasteiger partial charge in [0.05, 0.1) is 4.70 Å². The number of aliphatic hydroxyl groups is 1. The molecule has 3 aromatic rings. The van der Waals surface area contributed by atoms with Gasteiger partial charge in [-0.15, -0.1) is 0 Å². The van der Waals surface area contributed by atoms with Crippen LogP contribution < -0.4 is 10.4 Å². The first-order valence-electron chi connectivity index (χ1n) is 6.91. The van der Waals surface area contributed by atoms with Crippen molar-refractivity contribution in [3.05, 3.63) is 53.2 Å². The van der Waals surface area contributed by atoms with Crippen molar-refractivity contribution in [2.24, 2.45) is 0 Å². The number of pyridine rings is 1. The molecule has 0 radical (unpaired) electrons. The fraction of sp³-hybridized carbons (Fsp3) is 0.200. The van der Waals surface area contributed by atoms with Crippen LogP contribution in [0.1, 0.15) is 22.9 Å². The van der Waals surface area contributed by atoms with Crippen molar-refractivity contribution in [2.45, 2.75) is 19.3 Å². The molecule has 1 aliphatic rings. The Morgan fingerprint density at radius 2 is 2.14 bits per heavy atom. The summed E-state index contributed by atoms with van der Waals surface area (Å²) in [7, 11) is 0. The molecule has 22 heavy (non-hydrogen) atoms. The van der Waals surface area contributed by atoms with Crippen LogP contribution in [0.15, 0.2) is 36.5 Å². The Morgan fingerprint density at radius 3 is 2.95 bits per heavy atom. The molecule has 1 unspecified atom stereocenters. The standard InChI is InChI=1S/C15H14N4O2S/c20-14(18-21)10-4-1-3-9-7-19(8-11(9)10)15-17-13-12(22-15)5-2-6-16-13/h1-6,14,18,20-21H,7-8H2. The average Bonchev–Trinajstić information content (AvgIpc) is 3.16. The predicted octanol–water partition coefficient (Wildman–Crippen LogP) is 2.18. The van der Waals surface area contributed by atoms with E-state index in [2.05, 4.69) is 14.9 Å². The molecule has 3 N–H and O–H groups in total. The van der Waals surface area contributed by atoms with Crippen LogP contribution >= 0.6 is 11.3 Å². The molecule has 112 valence electrons. The number of aliphatic hydroxyl groups excluding tert-OH is 1. The first kappa shape index (κ1) is 13.6. The second-order valence-electron chi connectivity index (χ2n) is 5.19. The first-order valence-corrected chi connectivity index (χ1v) is 7.73. The lowest BCUT2D eigenvalue weighted by molar-refractivity contribution is 0.000235. The van der Waals surface area contributed by atoms with Gasteiger partial charge in [-0.25, -0.2) is 4.98 Å². The van der Waals surface area contributed by atoms with E-state index in [1.54, 1.807) is 17.5 Å². The van der Waals surface area contributed by atoms with E-state index >= 15 is 0 Å². The lowest BCUT2D eigenvalue weighted by Crippen LogP contribution is -2.18. The summed E-state index contributed by atoms with van der Waals surface area (Å²) in [5.74, 6) is 0. The number of hydroxylamine groups is 1. The average molecular weight is 314 g/mol. The SMILES string of the molecule is ONC(O)c1cccc2c1CN(c1nc3ncccc3s1)C2. The van der Waals surface area contributed by atoms with Crippen LogP contribution in [0.4, 0.5) is 5.13 Å². The Kier molecular flexibility index (Phi) is 3.27. The highest BCUT2D eigenvalue weighted by atomic mass is 32.1. The summed E-state index contributed by atoms with van der Waals surface area (Å²) >= 11 is 1.61. The van der Waals surface area contributed by atoms with Crippen molar-refractivity contribution in [2.75, 3.05) is 4.90 Å². The number of anilines is 1. The number of nitrogens with zero attached hydrogens (tertiary/aromatic N) is 3. The summed E-state index contributed by atoms with van der Waals surface area (Å²) in [5, 5.41) is 19.7. The van der Waals surface area contributed by atoms with Gasteiger partial charge in [0.2, 0.25) is 0 Å². The van der Waals surface area contributed by atoms with Crippen molar-refractivity contribution >= 4 is 26.8 Å². The molecule has 4 rings (SSSR count). The van der Waals surface area contributed by atoms with Crippen LogP contribution in [0.25, 0.3) is 10.3 Å². The lowest BCUT2D eigenvalue weighted by atomic mass is 10.0. The summed E-state index contributed by atoms with van der Waals surface area (Å²) < 4.78 is 1.06. The molecule has 1 atom stereocenters. The van der Waals surface area contributed by atoms with Crippen molar-refractivity contribution in [3.63, 3.8) is 0 Å². The Balaban J connectivity index is 1.69. The normalized spacial score (nSPS) is 15.3. The maximum absolute atomic E-state index is 9.86. The van der Waals surface area contributed by atoms with E-state index in [-0.39, 0.29) is 0 Å². The Labute approximate surface area is 130 Å². The highest BCUT2D eigenvalue weighted by Crippen LogP contribution is 2.35. The van der Waals surface area contributed by atoms with Crippen LogP contribution in [-0.4, -0.2) is 20.3 Å². The summed E-state index contributed by atoms with van der Waals surface area (Å²) in [4.78, 5) is 11.0. The van der Waals surface area contributed by atoms with Gasteiger partial charge in [0.15, 0.2) is 17.0 Å². The van der Waals surface area contributed by atoms with Crippen LogP contribution in [0.3, 0.4) is 0 Å². The van der Waals surface area contributed by atoms with Crippen LogP contribution in [0, 0.1) is 0 Å². The van der Waals surface area contributed by atoms with Gasteiger partial charge in [-0.05, 0) is 23.3 Å². The van der Waals surface area contributed by atoms with Crippen LogP contribution in [-0.2, 0) is 13.1 Å². The number of aromatic nitrogens is 2. The van der Waals surface area contributed by atoms with E-state index in [0.717, 1.165) is 33.2 Å². The van der Waals surface area contributed by atoms with Gasteiger partial charge in [-0.1, -0.05) is 29.5 Å². The molecular formula is C15H14N4O2S. The minimum atomic E-state index is -1.08. The van der Waals surface area contributed by atoms with E-state index < -0.39 is 6.23 Å². The molecule has 0 fully saturated rings. The molecule has 0 bridgehead atoms. The third kappa shape index (κ3) is 2.15. The number of nitrogens with one attached hydrogen (secondary N) is 1. The fourth-order valence-electron chi connectivity index (χ4n) is 2.80. The van der Waals surface area contributed by atoms with Crippen molar-refractivity contribution in [1.29, 1.82) is 0 Å². The topological polar surface area (TPSA) is 81.5 Å². The van der Waals surface area contributed by atoms with E-state index in [4.69, 9.17) is 5.21 Å². The Hall–Kier alpha value is -2.06. The second-order valence-corrected chi connectivity index (χ2v) is 6.20. The quantitative estimate of drug-likeness (QED) is 0.508. The van der Waals surface area contributed by atoms with Gasteiger partial charge in [0.1, 0.15) is 0 Å². The first-order chi connectivity index (χ1) is 10.8. The number of hydrogen-bond acceptors (Lipinski definition) is 7. The van der Waals surface area contributed by atoms with Gasteiger partial charge >= 0.3 is 0 Å². The van der Waals surface area contributed by atoms with Gasteiger partial charge in [0, 0.05) is 24.8 Å². The summed E-state index contributed by atoms with van der Waals surface area (Å²) in [5.41, 5.74) is 5.53. The van der Waals surface area contributed by atoms with E-state index in [1.807, 2.05) is 35.8 Å². The minimum absolute atomic E-state index is 0.657. The molecule has 6 nitrogen and oxygen atoms in total. The molecule has 1 aliphatic heterocycles. The van der Waals surface area contributed by atoms with Crippen LogP contribution in [0.5, 0.6) is 0 Å². The monoisotopic (exact) mass is 314 g/mol. The summed E-state index contributed by atoms with van der Waals surface area (Å²) in [6.07, 6.45) is 0.665. The van der Waals surface area contributed by atoms with Crippen molar-refractivity contribution < 1.29 is 10.3 Å². The zero-order valence-corrected chi connectivity index (χ0v) is 12.4. The number of fused-ring (bicyclic) bond motifs is 2. The largest absolute Gasteiger partial charge is 0.372 e. The zero-order valence-electron chi connectivity index (χ0n) is 11.6. The maximum atomic E-state index is 9.86. The van der Waals surface area contributed by atoms with E-state index in [0.29, 0.717) is 12.1 Å². The van der Waals surface area contributed by atoms with E-state index in [9.17, 15) is 5.11 Å². The smallest absolute Gasteiger partial charge is 0.188 e. The number of thiazole rings is 1. The van der Waals surface area contributed by atoms with Crippen molar-refractivity contribution in [1.82, 2.24) is 15.4 Å². The number of benzene rings is 1. The van der Waals surface area contributed by atoms with Gasteiger partial charge in [-0.2, -0.15) is 10.5 Å². The summed E-state index contributed by atoms with van der Waals surface area (Å²) in [6.45, 7) is 1.39. The third-order valence-corrected chi connectivity index (χ3v) is 4.93. The van der Waals surface area contributed by atoms with Crippen LogP contribution in [0.2, 0.25) is 0 Å². The Morgan fingerprint density at radius 1 is 1.23 bits per heavy atom. The Bertz CT molecular complexity index is 802.